The second kappa shape index (κ2) is 43.9. The van der Waals surface area contributed by atoms with Gasteiger partial charge in [0.1, 0.15) is 48.5 Å². The number of ether oxygens (including phenoxy) is 12. The Labute approximate surface area is 776 Å². The summed E-state index contributed by atoms with van der Waals surface area (Å²) in [6, 6.07) is -8.66. The lowest BCUT2D eigenvalue weighted by atomic mass is 9.79. The monoisotopic (exact) mass is 1710 g/mol. The van der Waals surface area contributed by atoms with Crippen LogP contribution in [0.3, 0.4) is 0 Å². The fourth-order valence-electron chi connectivity index (χ4n) is 15.9. The lowest BCUT2D eigenvalue weighted by Crippen LogP contribution is -2.51. The lowest BCUT2D eigenvalue weighted by molar-refractivity contribution is -0.161. The van der Waals surface area contributed by atoms with Gasteiger partial charge in [0.05, 0.1) is 80.0 Å². The molecular weight excluding hydrogens is 1520 g/mol. The summed E-state index contributed by atoms with van der Waals surface area (Å²) in [7, 11) is 2.03. The summed E-state index contributed by atoms with van der Waals surface area (Å²) in [6.45, 7) is 5.32. The SMILES string of the molecule is [2H]c1c2c(c([2H])c(OC)c1OC([2H])([2H])[2H])C1CC(OC(=O)[C@@H](N)C(C)C)C(C([2H])([2H])C([2H])(C)C([2H])([2H])[2H])CN1CC2.[2H]c1c2c(c([2H])c(OC)c1OC([2H])([2H])[2H])C1CC([2H])(OC(=O)[C@@H](N)C(C)C)C(C([2H])([2H])C([2H])(C)C([2H])([2H])[2H])CN1CC2.[2H]c1c2c(c([2H])c(OC)c1OC)C1CC([2H])(OC(=O)[C@@H](N)C(C)C)C(C([2H])([2H])C([2H])(C)C([2H])([2H])[2H])CN1CC2.[2H]c1c2c(c([2H])c(OC)c1OC)C1CC([2H])(OC(=O)[C@@H](N)C(C)C)C(C([2H])([2H])C([2H])(C)C([2H])([2H])[2H])CN1CC2. The predicted octanol–water partition coefficient (Wildman–Crippen LogP) is 14.3. The van der Waals surface area contributed by atoms with E-state index in [1.54, 1.807) is 70.1 Å². The van der Waals surface area contributed by atoms with Crippen molar-refractivity contribution in [3.8, 4) is 46.0 Å². The molecule has 120 heavy (non-hydrogen) atoms. The number of methoxy groups -OCH3 is 8. The summed E-state index contributed by atoms with van der Waals surface area (Å²) in [4.78, 5) is 59.2. The van der Waals surface area contributed by atoms with Crippen molar-refractivity contribution in [2.24, 2.45) is 93.9 Å². The van der Waals surface area contributed by atoms with Crippen LogP contribution in [-0.2, 0) is 63.8 Å². The van der Waals surface area contributed by atoms with Crippen molar-refractivity contribution in [3.05, 3.63) is 92.8 Å². The number of nitrogens with zero attached hydrogens (tertiary/aromatic N) is 4. The summed E-state index contributed by atoms with van der Waals surface area (Å²) in [5.74, 6) is -22.7. The van der Waals surface area contributed by atoms with Gasteiger partial charge in [0.2, 0.25) is 0 Å². The molecule has 0 radical (unpaired) electrons. The summed E-state index contributed by atoms with van der Waals surface area (Å²) in [5.41, 5.74) is 26.9. The number of fused-ring (bicyclic) bond motifs is 12. The highest BCUT2D eigenvalue weighted by molar-refractivity contribution is 5.77. The maximum absolute atomic E-state index is 13.1. The molecule has 0 bridgehead atoms. The fourth-order valence-corrected chi connectivity index (χ4v) is 15.9. The Morgan fingerprint density at radius 3 is 0.833 bits per heavy atom. The highest BCUT2D eigenvalue weighted by Crippen LogP contribution is 2.50. The smallest absolute Gasteiger partial charge is 0.323 e. The van der Waals surface area contributed by atoms with E-state index in [4.69, 9.17) is 132 Å². The maximum Gasteiger partial charge on any atom is 0.323 e. The van der Waals surface area contributed by atoms with E-state index in [2.05, 4.69) is 0 Å². The molecule has 4 aromatic carbocycles. The third-order valence-electron chi connectivity index (χ3n) is 22.7. The van der Waals surface area contributed by atoms with Crippen molar-refractivity contribution in [1.29, 1.82) is 0 Å². The molecule has 0 saturated carbocycles. The maximum atomic E-state index is 13.1. The number of hydrogen-bond acceptors (Lipinski definition) is 24. The largest absolute Gasteiger partial charge is 0.493 e. The van der Waals surface area contributed by atoms with Gasteiger partial charge in [-0.25, -0.2) is 0 Å². The van der Waals surface area contributed by atoms with Gasteiger partial charge >= 0.3 is 23.9 Å². The van der Waals surface area contributed by atoms with Gasteiger partial charge in [-0.2, -0.15) is 0 Å². The van der Waals surface area contributed by atoms with Crippen LogP contribution in [-0.4, -0.2) is 201 Å². The molecule has 8 heterocycles. The Bertz CT molecular complexity index is 5820. The quantitative estimate of drug-likeness (QED) is 0.0303. The highest BCUT2D eigenvalue weighted by Gasteiger charge is 2.47. The average molecular weight is 1720 g/mol. The standard InChI is InChI=1S/4C24H38N2O4/c4*1-14(2)9-17-13-26-8-7-16-10-21(28-5)22(29-6)11-18(16)19(26)12-20(17)30-24(27)23(25)15(3)4/h4*10-11,14-15,17,19-20,23H,7-9,12-13,25H2,1-6H3/t4*17?,19?,20?,23-/m0000/s1/i1D3,5D3,9D2,10D,11D,14D,20D;2*1D3,9D2,10D,11D,14D,20D;1D3,5D3,9D2,10D,11D,14D/t4*14?,17?,19?,20?,23-. The van der Waals surface area contributed by atoms with Gasteiger partial charge in [-0.3, -0.25) is 38.8 Å². The first-order chi connectivity index (χ1) is 73.0. The molecule has 20 atom stereocenters. The molecule has 24 nitrogen and oxygen atoms in total. The Hall–Kier alpha value is -7.16. The number of hydrogen-bond donors (Lipinski definition) is 4. The number of nitrogens with two attached hydrogens (primary N) is 4. The Morgan fingerprint density at radius 2 is 0.592 bits per heavy atom. The zero-order chi connectivity index (χ0) is 124. The normalized spacial score (nSPS) is 34.8. The van der Waals surface area contributed by atoms with Crippen molar-refractivity contribution < 1.29 is 132 Å². The van der Waals surface area contributed by atoms with E-state index in [-0.39, 0.29) is 189 Å². The number of benzene rings is 4. The minimum atomic E-state index is -3.10. The average Bonchev–Trinajstić information content (AvgIpc) is 0.714. The molecule has 0 amide bonds. The fraction of sp³-hybridized carbons (Fsp3) is 0.708. The minimum absolute atomic E-state index is 0.0352. The minimum Gasteiger partial charge on any atom is -0.493 e. The molecule has 0 spiro atoms. The van der Waals surface area contributed by atoms with Crippen molar-refractivity contribution >= 4 is 23.9 Å². The Morgan fingerprint density at radius 1 is 0.367 bits per heavy atom. The van der Waals surface area contributed by atoms with Crippen LogP contribution in [0.15, 0.2) is 48.3 Å². The molecule has 4 aromatic rings. The number of carbonyl (C=O) groups is 4. The second-order valence-corrected chi connectivity index (χ2v) is 32.6. The Balaban J connectivity index is 0.000000237. The first-order valence-corrected chi connectivity index (χ1v) is 40.6. The second-order valence-electron chi connectivity index (χ2n) is 32.6. The van der Waals surface area contributed by atoms with Crippen LogP contribution < -0.4 is 60.8 Å². The number of piperidine rings is 4. The number of carbonyl (C=O) groups excluding carboxylic acids is 4. The van der Waals surface area contributed by atoms with Gasteiger partial charge in [-0.15, -0.1) is 0 Å². The van der Waals surface area contributed by atoms with E-state index in [0.717, 1.165) is 27.7 Å². The first-order valence-electron chi connectivity index (χ1n) is 61.1. The molecule has 0 aliphatic carbocycles. The molecule has 0 aromatic heterocycles. The van der Waals surface area contributed by atoms with Crippen molar-refractivity contribution in [1.82, 2.24) is 19.6 Å². The summed E-state index contributed by atoms with van der Waals surface area (Å²) in [6.07, 6.45) is -19.8. The van der Waals surface area contributed by atoms with Crippen molar-refractivity contribution in [2.75, 3.05) is 109 Å². The molecule has 12 rings (SSSR count). The van der Waals surface area contributed by atoms with Crippen LogP contribution in [0.2, 0.25) is 0 Å². The predicted molar refractivity (Wildman–Crippen MR) is 471 cm³/mol. The highest BCUT2D eigenvalue weighted by atomic mass is 16.6. The third-order valence-corrected chi connectivity index (χ3v) is 22.7. The van der Waals surface area contributed by atoms with E-state index in [1.165, 1.54) is 42.7 Å². The van der Waals surface area contributed by atoms with Crippen molar-refractivity contribution in [3.63, 3.8) is 0 Å². The van der Waals surface area contributed by atoms with Gasteiger partial charge in [-0.05, 0) is 191 Å². The molecule has 4 saturated heterocycles. The van der Waals surface area contributed by atoms with E-state index in [9.17, 15) is 23.3 Å². The zero-order valence-electron chi connectivity index (χ0n) is 113. The summed E-state index contributed by atoms with van der Waals surface area (Å²) < 4.78 is 407. The van der Waals surface area contributed by atoms with Gasteiger partial charge in [0, 0.05) is 159 Å². The van der Waals surface area contributed by atoms with E-state index in [0.29, 0.717) is 59.3 Å². The van der Waals surface area contributed by atoms with E-state index >= 15 is 0 Å². The van der Waals surface area contributed by atoms with E-state index < -0.39 is 229 Å². The molecule has 672 valence electrons. The first kappa shape index (κ1) is 53.9. The molecule has 4 fully saturated rings. The topological polar surface area (TPSA) is 296 Å². The van der Waals surface area contributed by atoms with Crippen LogP contribution in [0.1, 0.15) is 287 Å². The van der Waals surface area contributed by atoms with E-state index in [1.807, 2.05) is 4.90 Å². The summed E-state index contributed by atoms with van der Waals surface area (Å²) in [5, 5.41) is 0. The van der Waals surface area contributed by atoms with Gasteiger partial charge < -0.3 is 79.8 Å². The molecule has 8 N–H and O–H groups in total. The molecule has 8 aliphatic heterocycles. The van der Waals surface area contributed by atoms with Gasteiger partial charge in [-0.1, -0.05) is 110 Å². The van der Waals surface area contributed by atoms with Crippen LogP contribution in [0.4, 0.5) is 0 Å². The van der Waals surface area contributed by atoms with Crippen LogP contribution in [0.25, 0.3) is 0 Å². The number of rotatable bonds is 28. The third kappa shape index (κ3) is 23.8. The van der Waals surface area contributed by atoms with Crippen LogP contribution >= 0.6 is 0 Å². The van der Waals surface area contributed by atoms with Gasteiger partial charge in [0.15, 0.2) is 46.0 Å². The molecule has 24 heteroatoms. The summed E-state index contributed by atoms with van der Waals surface area (Å²) >= 11 is 0. The van der Waals surface area contributed by atoms with Crippen LogP contribution in [0.5, 0.6) is 46.0 Å². The van der Waals surface area contributed by atoms with Gasteiger partial charge in [0.25, 0.3) is 0 Å². The Kier molecular flexibility index (Phi) is 19.7. The van der Waals surface area contributed by atoms with Crippen LogP contribution in [0, 0.1) is 70.9 Å². The van der Waals surface area contributed by atoms with Crippen molar-refractivity contribution in [2.45, 2.75) is 260 Å². The molecule has 16 unspecified atom stereocenters. The molecule has 8 aliphatic rings. The zero-order valence-corrected chi connectivity index (χ0v) is 72.3. The lowest BCUT2D eigenvalue weighted by Gasteiger charge is -2.47. The number of esters is 4. The molecular formula is C96H152N8O16.